The van der Waals surface area contributed by atoms with Crippen LogP contribution in [0.15, 0.2) is 84.9 Å². The molecule has 4 aromatic carbocycles. The first kappa shape index (κ1) is 35.7. The van der Waals surface area contributed by atoms with Crippen LogP contribution in [0.2, 0.25) is 0 Å². The first-order valence-corrected chi connectivity index (χ1v) is 14.8. The van der Waals surface area contributed by atoms with Crippen molar-refractivity contribution in [3.8, 4) is 46.0 Å². The molecule has 0 aromatic heterocycles. The van der Waals surface area contributed by atoms with Gasteiger partial charge in [-0.1, -0.05) is 36.4 Å². The zero-order valence-corrected chi connectivity index (χ0v) is 27.3. The molecule has 4 unspecified atom stereocenters. The van der Waals surface area contributed by atoms with Crippen molar-refractivity contribution in [2.75, 3.05) is 35.0 Å². The number of aliphatic hydroxyl groups is 1. The van der Waals surface area contributed by atoms with E-state index in [1.54, 1.807) is 63.6 Å². The summed E-state index contributed by atoms with van der Waals surface area (Å²) in [6, 6.07) is 24.6. The van der Waals surface area contributed by atoms with Crippen molar-refractivity contribution >= 4 is 0 Å². The lowest BCUT2D eigenvalue weighted by atomic mass is 10.0. The van der Waals surface area contributed by atoms with Gasteiger partial charge in [-0.3, -0.25) is 0 Å². The van der Waals surface area contributed by atoms with Crippen LogP contribution in [0.5, 0.6) is 46.0 Å². The molecule has 4 atom stereocenters. The van der Waals surface area contributed by atoms with Crippen molar-refractivity contribution < 1.29 is 48.5 Å². The van der Waals surface area contributed by atoms with Crippen LogP contribution < -0.4 is 28.4 Å². The van der Waals surface area contributed by atoms with Crippen molar-refractivity contribution in [1.29, 1.82) is 0 Å². The summed E-state index contributed by atoms with van der Waals surface area (Å²) >= 11 is 0. The van der Waals surface area contributed by atoms with E-state index in [9.17, 15) is 15.3 Å². The Bertz CT molecular complexity index is 1510. The van der Waals surface area contributed by atoms with Gasteiger partial charge in [0.1, 0.15) is 24.4 Å². The number of phenols is 2. The number of aromatic hydroxyl groups is 2. The largest absolute Gasteiger partial charge is 0.504 e. The van der Waals surface area contributed by atoms with Crippen molar-refractivity contribution in [1.82, 2.24) is 0 Å². The molecule has 0 amide bonds. The van der Waals surface area contributed by atoms with E-state index in [0.29, 0.717) is 46.7 Å². The number of hydrogen-bond acceptors (Lipinski definition) is 10. The van der Waals surface area contributed by atoms with Crippen molar-refractivity contribution in [3.05, 3.63) is 96.1 Å². The van der Waals surface area contributed by atoms with Gasteiger partial charge in [0, 0.05) is 6.61 Å². The fraction of sp³-hybridized carbons (Fsp3) is 0.333. The van der Waals surface area contributed by atoms with E-state index < -0.39 is 12.2 Å². The Kier molecular flexibility index (Phi) is 13.7. The molecule has 0 spiro atoms. The number of aliphatic hydroxyl groups excluding tert-OH is 1. The Balaban J connectivity index is 0.000000251. The summed E-state index contributed by atoms with van der Waals surface area (Å²) in [5.41, 5.74) is 1.46. The molecule has 46 heavy (non-hydrogen) atoms. The zero-order valence-electron chi connectivity index (χ0n) is 27.3. The molecule has 10 heteroatoms. The number of methoxy groups -OCH3 is 4. The molecule has 4 aromatic rings. The third-order valence-corrected chi connectivity index (χ3v) is 7.06. The Labute approximate surface area is 270 Å². The summed E-state index contributed by atoms with van der Waals surface area (Å²) in [7, 11) is 6.15. The topological polar surface area (TPSA) is 125 Å². The minimum absolute atomic E-state index is 0.0248. The van der Waals surface area contributed by atoms with E-state index in [1.807, 2.05) is 50.2 Å². The number of rotatable bonds is 14. The lowest BCUT2D eigenvalue weighted by Crippen LogP contribution is -2.24. The maximum atomic E-state index is 10.4. The quantitative estimate of drug-likeness (QED) is 0.135. The van der Waals surface area contributed by atoms with E-state index in [1.165, 1.54) is 20.3 Å². The molecule has 0 aliphatic carbocycles. The summed E-state index contributed by atoms with van der Waals surface area (Å²) in [4.78, 5) is 0. The molecule has 10 nitrogen and oxygen atoms in total. The highest BCUT2D eigenvalue weighted by atomic mass is 16.6. The average Bonchev–Trinajstić information content (AvgIpc) is 3.08. The van der Waals surface area contributed by atoms with Crippen LogP contribution in [0.25, 0.3) is 0 Å². The smallest absolute Gasteiger partial charge is 0.161 e. The predicted octanol–water partition coefficient (Wildman–Crippen LogP) is 6.86. The van der Waals surface area contributed by atoms with Crippen molar-refractivity contribution in [3.63, 3.8) is 0 Å². The lowest BCUT2D eigenvalue weighted by molar-refractivity contribution is -0.0155. The Morgan fingerprint density at radius 3 is 1.41 bits per heavy atom. The van der Waals surface area contributed by atoms with E-state index in [2.05, 4.69) is 0 Å². The standard InChI is InChI=1S/C19H24O5.C17H20O5/c1-5-23-19(14-10-11-15(20)18(12-14)22-4)13(2)24-17-9-7-6-8-16(17)21-3;1-11(22-15-7-5-4-6-14(15)20-2)17(19)12-8-9-13(18)16(10-12)21-3/h6-13,19-20H,5H2,1-4H3;4-11,17-19H,1-3H3. The maximum Gasteiger partial charge on any atom is 0.161 e. The SMILES string of the molecule is CCOC(c1ccc(O)c(OC)c1)C(C)Oc1ccccc1OC.COc1cc(C(O)C(C)Oc2ccccc2OC)ccc1O. The second kappa shape index (κ2) is 17.6. The zero-order chi connectivity index (χ0) is 33.6. The number of phenolic OH excluding ortho intramolecular Hbond substituents is 2. The summed E-state index contributed by atoms with van der Waals surface area (Å²) < 4.78 is 38.5. The maximum absolute atomic E-state index is 10.4. The number of hydrogen-bond donors (Lipinski definition) is 3. The third kappa shape index (κ3) is 9.35. The Hall–Kier alpha value is -4.80. The highest BCUT2D eigenvalue weighted by Gasteiger charge is 2.24. The summed E-state index contributed by atoms with van der Waals surface area (Å²) in [5, 5.41) is 29.8. The number of para-hydroxylation sites is 4. The second-order valence-electron chi connectivity index (χ2n) is 10.1. The molecule has 0 aliphatic rings. The van der Waals surface area contributed by atoms with Crippen LogP contribution in [-0.2, 0) is 4.74 Å². The van der Waals surface area contributed by atoms with Gasteiger partial charge in [-0.05, 0) is 80.4 Å². The number of ether oxygens (including phenoxy) is 7. The van der Waals surface area contributed by atoms with Gasteiger partial charge in [-0.2, -0.15) is 0 Å². The van der Waals surface area contributed by atoms with Gasteiger partial charge < -0.3 is 48.5 Å². The van der Waals surface area contributed by atoms with Crippen LogP contribution >= 0.6 is 0 Å². The normalized spacial score (nSPS) is 13.2. The van der Waals surface area contributed by atoms with Gasteiger partial charge in [0.15, 0.2) is 46.0 Å². The van der Waals surface area contributed by atoms with E-state index in [0.717, 1.165) is 5.56 Å². The summed E-state index contributed by atoms with van der Waals surface area (Å²) in [5.74, 6) is 3.31. The molecule has 4 rings (SSSR count). The highest BCUT2D eigenvalue weighted by molar-refractivity contribution is 5.44. The van der Waals surface area contributed by atoms with Gasteiger partial charge in [0.05, 0.1) is 28.4 Å². The molecule has 0 aliphatic heterocycles. The van der Waals surface area contributed by atoms with Gasteiger partial charge in [0.25, 0.3) is 0 Å². The minimum Gasteiger partial charge on any atom is -0.504 e. The van der Waals surface area contributed by atoms with Crippen LogP contribution in [0.4, 0.5) is 0 Å². The van der Waals surface area contributed by atoms with Crippen molar-refractivity contribution in [2.45, 2.75) is 45.2 Å². The van der Waals surface area contributed by atoms with Crippen LogP contribution in [-0.4, -0.2) is 62.6 Å². The molecule has 0 heterocycles. The molecule has 0 radical (unpaired) electrons. The van der Waals surface area contributed by atoms with E-state index >= 15 is 0 Å². The molecule has 0 saturated carbocycles. The van der Waals surface area contributed by atoms with Gasteiger partial charge in [-0.25, -0.2) is 0 Å². The second-order valence-corrected chi connectivity index (χ2v) is 10.1. The van der Waals surface area contributed by atoms with E-state index in [-0.39, 0.29) is 23.7 Å². The van der Waals surface area contributed by atoms with Gasteiger partial charge in [-0.15, -0.1) is 0 Å². The lowest BCUT2D eigenvalue weighted by Gasteiger charge is -2.26. The van der Waals surface area contributed by atoms with Crippen LogP contribution in [0.1, 0.15) is 44.1 Å². The Morgan fingerprint density at radius 1 is 0.543 bits per heavy atom. The summed E-state index contributed by atoms with van der Waals surface area (Å²) in [6.07, 6.45) is -1.96. The molecule has 0 bridgehead atoms. The monoisotopic (exact) mass is 636 g/mol. The molecule has 3 N–H and O–H groups in total. The molecular weight excluding hydrogens is 592 g/mol. The third-order valence-electron chi connectivity index (χ3n) is 7.06. The Morgan fingerprint density at radius 2 is 0.957 bits per heavy atom. The highest BCUT2D eigenvalue weighted by Crippen LogP contribution is 2.35. The first-order valence-electron chi connectivity index (χ1n) is 14.8. The van der Waals surface area contributed by atoms with Crippen LogP contribution in [0.3, 0.4) is 0 Å². The molecule has 0 fully saturated rings. The average molecular weight is 637 g/mol. The summed E-state index contributed by atoms with van der Waals surface area (Å²) in [6.45, 7) is 6.16. The molecule has 248 valence electrons. The minimum atomic E-state index is -0.876. The van der Waals surface area contributed by atoms with E-state index in [4.69, 9.17) is 33.2 Å². The number of benzene rings is 4. The predicted molar refractivity (Wildman–Crippen MR) is 175 cm³/mol. The fourth-order valence-corrected chi connectivity index (χ4v) is 4.66. The van der Waals surface area contributed by atoms with Crippen molar-refractivity contribution in [2.24, 2.45) is 0 Å². The molecular formula is C36H44O10. The fourth-order valence-electron chi connectivity index (χ4n) is 4.66. The first-order chi connectivity index (χ1) is 22.2. The van der Waals surface area contributed by atoms with Crippen LogP contribution in [0, 0.1) is 0 Å². The van der Waals surface area contributed by atoms with Gasteiger partial charge >= 0.3 is 0 Å². The molecule has 0 saturated heterocycles. The van der Waals surface area contributed by atoms with Gasteiger partial charge in [0.2, 0.25) is 0 Å².